The van der Waals surface area contributed by atoms with Crippen LogP contribution in [0.1, 0.15) is 31.2 Å². The Bertz CT molecular complexity index is 582. The van der Waals surface area contributed by atoms with Crippen LogP contribution >= 0.6 is 0 Å². The van der Waals surface area contributed by atoms with Crippen molar-refractivity contribution in [2.45, 2.75) is 44.8 Å². The van der Waals surface area contributed by atoms with E-state index in [1.54, 1.807) is 7.11 Å². The summed E-state index contributed by atoms with van der Waals surface area (Å²) >= 11 is 0. The Kier molecular flexibility index (Phi) is 5.29. The molecule has 0 spiro atoms. The molecule has 1 saturated carbocycles. The van der Waals surface area contributed by atoms with Gasteiger partial charge in [0.15, 0.2) is 11.5 Å². The summed E-state index contributed by atoms with van der Waals surface area (Å²) < 4.78 is 11.6. The number of hydrogen-bond acceptors (Lipinski definition) is 4. The monoisotopic (exact) mass is 332 g/mol. The Morgan fingerprint density at radius 1 is 1.08 bits per heavy atom. The first-order valence-electron chi connectivity index (χ1n) is 8.86. The highest BCUT2D eigenvalue weighted by Gasteiger charge is 2.31. The summed E-state index contributed by atoms with van der Waals surface area (Å²) in [6.07, 6.45) is 4.48. The molecule has 0 aromatic heterocycles. The third-order valence-corrected chi connectivity index (χ3v) is 5.26. The number of amides is 1. The zero-order valence-electron chi connectivity index (χ0n) is 15.0. The zero-order valence-corrected chi connectivity index (χ0v) is 15.0. The third kappa shape index (κ3) is 3.83. The minimum absolute atomic E-state index is 0.237. The van der Waals surface area contributed by atoms with Crippen LogP contribution in [0.25, 0.3) is 0 Å². The lowest BCUT2D eigenvalue weighted by molar-refractivity contribution is -0.135. The number of nitrogens with zero attached hydrogens (tertiary/aromatic N) is 2. The van der Waals surface area contributed by atoms with Crippen molar-refractivity contribution < 1.29 is 14.3 Å². The summed E-state index contributed by atoms with van der Waals surface area (Å²) in [5.41, 5.74) is 1.17. The molecule has 2 aliphatic rings. The Balaban J connectivity index is 1.53. The molecule has 1 aromatic carbocycles. The van der Waals surface area contributed by atoms with E-state index in [1.807, 2.05) is 24.1 Å². The smallest absolute Gasteiger partial charge is 0.236 e. The van der Waals surface area contributed by atoms with E-state index in [0.717, 1.165) is 50.3 Å². The SMILES string of the molecule is COc1cc(C)ccc1OC1CCC(N2CCN(C)C(=O)C2)CC1. The van der Waals surface area contributed by atoms with E-state index in [4.69, 9.17) is 9.47 Å². The minimum atomic E-state index is 0.237. The number of likely N-dealkylation sites (N-methyl/N-ethyl adjacent to an activating group) is 1. The second kappa shape index (κ2) is 7.43. The summed E-state index contributed by atoms with van der Waals surface area (Å²) in [7, 11) is 3.57. The largest absolute Gasteiger partial charge is 0.493 e. The lowest BCUT2D eigenvalue weighted by atomic mass is 9.91. The van der Waals surface area contributed by atoms with Crippen molar-refractivity contribution in [1.29, 1.82) is 0 Å². The van der Waals surface area contributed by atoms with Crippen molar-refractivity contribution in [2.75, 3.05) is 33.8 Å². The average Bonchev–Trinajstić information content (AvgIpc) is 2.59. The van der Waals surface area contributed by atoms with Crippen LogP contribution in [0.2, 0.25) is 0 Å². The molecule has 0 bridgehead atoms. The minimum Gasteiger partial charge on any atom is -0.493 e. The molecule has 2 fully saturated rings. The molecule has 1 amide bonds. The Hall–Kier alpha value is -1.75. The van der Waals surface area contributed by atoms with Crippen molar-refractivity contribution in [1.82, 2.24) is 9.80 Å². The van der Waals surface area contributed by atoms with Crippen LogP contribution in [0.3, 0.4) is 0 Å². The standard InChI is InChI=1S/C19H28N2O3/c1-14-4-9-17(18(12-14)23-3)24-16-7-5-15(6-8-16)21-11-10-20(2)19(22)13-21/h4,9,12,15-16H,5-8,10-11,13H2,1-3H3. The first-order valence-corrected chi connectivity index (χ1v) is 8.86. The third-order valence-electron chi connectivity index (χ3n) is 5.26. The maximum absolute atomic E-state index is 11.9. The Morgan fingerprint density at radius 2 is 1.83 bits per heavy atom. The first kappa shape index (κ1) is 17.1. The summed E-state index contributed by atoms with van der Waals surface area (Å²) in [5, 5.41) is 0. The molecule has 0 atom stereocenters. The number of carbonyl (C=O) groups is 1. The maximum atomic E-state index is 11.9. The normalized spacial score (nSPS) is 25.6. The molecule has 0 unspecified atom stereocenters. The highest BCUT2D eigenvalue weighted by atomic mass is 16.5. The van der Waals surface area contributed by atoms with E-state index in [2.05, 4.69) is 17.9 Å². The fourth-order valence-corrected chi connectivity index (χ4v) is 3.67. The molecule has 1 aliphatic heterocycles. The molecule has 1 saturated heterocycles. The van der Waals surface area contributed by atoms with E-state index in [1.165, 1.54) is 5.56 Å². The van der Waals surface area contributed by atoms with E-state index in [-0.39, 0.29) is 12.0 Å². The number of methoxy groups -OCH3 is 1. The van der Waals surface area contributed by atoms with E-state index in [0.29, 0.717) is 12.6 Å². The highest BCUT2D eigenvalue weighted by molar-refractivity contribution is 5.78. The van der Waals surface area contributed by atoms with Gasteiger partial charge >= 0.3 is 0 Å². The number of piperazine rings is 1. The molecular weight excluding hydrogens is 304 g/mol. The average molecular weight is 332 g/mol. The zero-order chi connectivity index (χ0) is 17.1. The fourth-order valence-electron chi connectivity index (χ4n) is 3.67. The number of ether oxygens (including phenoxy) is 2. The van der Waals surface area contributed by atoms with Gasteiger partial charge in [-0.1, -0.05) is 6.07 Å². The van der Waals surface area contributed by atoms with Crippen LogP contribution in [0.15, 0.2) is 18.2 Å². The summed E-state index contributed by atoms with van der Waals surface area (Å²) in [5.74, 6) is 1.88. The van der Waals surface area contributed by atoms with E-state index >= 15 is 0 Å². The number of carbonyl (C=O) groups excluding carboxylic acids is 1. The lowest BCUT2D eigenvalue weighted by Crippen LogP contribution is -2.53. The molecule has 5 nitrogen and oxygen atoms in total. The van der Waals surface area contributed by atoms with E-state index < -0.39 is 0 Å². The van der Waals surface area contributed by atoms with Gasteiger partial charge in [0.2, 0.25) is 5.91 Å². The van der Waals surface area contributed by atoms with Crippen molar-refractivity contribution in [3.63, 3.8) is 0 Å². The van der Waals surface area contributed by atoms with E-state index in [9.17, 15) is 4.79 Å². The number of hydrogen-bond donors (Lipinski definition) is 0. The predicted molar refractivity (Wildman–Crippen MR) is 93.6 cm³/mol. The molecule has 1 aromatic rings. The molecule has 1 heterocycles. The molecule has 3 rings (SSSR count). The van der Waals surface area contributed by atoms with Crippen molar-refractivity contribution >= 4 is 5.91 Å². The Morgan fingerprint density at radius 3 is 2.50 bits per heavy atom. The van der Waals surface area contributed by atoms with Gasteiger partial charge in [0.1, 0.15) is 0 Å². The van der Waals surface area contributed by atoms with Crippen LogP contribution in [-0.2, 0) is 4.79 Å². The van der Waals surface area contributed by atoms with Gasteiger partial charge < -0.3 is 14.4 Å². The van der Waals surface area contributed by atoms with Crippen molar-refractivity contribution in [3.8, 4) is 11.5 Å². The highest BCUT2D eigenvalue weighted by Crippen LogP contribution is 2.32. The number of aryl methyl sites for hydroxylation is 1. The lowest BCUT2D eigenvalue weighted by Gasteiger charge is -2.40. The van der Waals surface area contributed by atoms with Crippen LogP contribution in [-0.4, -0.2) is 61.6 Å². The van der Waals surface area contributed by atoms with Crippen LogP contribution in [0.5, 0.6) is 11.5 Å². The summed E-state index contributed by atoms with van der Waals surface area (Å²) in [6.45, 7) is 4.45. The van der Waals surface area contributed by atoms with Crippen molar-refractivity contribution in [2.24, 2.45) is 0 Å². The van der Waals surface area contributed by atoms with Crippen LogP contribution in [0.4, 0.5) is 0 Å². The van der Waals surface area contributed by atoms with Gasteiger partial charge in [-0.3, -0.25) is 9.69 Å². The number of benzene rings is 1. The van der Waals surface area contributed by atoms with Crippen LogP contribution in [0, 0.1) is 6.92 Å². The van der Waals surface area contributed by atoms with Crippen molar-refractivity contribution in [3.05, 3.63) is 23.8 Å². The van der Waals surface area contributed by atoms with Gasteiger partial charge in [0.25, 0.3) is 0 Å². The molecular formula is C19H28N2O3. The van der Waals surface area contributed by atoms with Gasteiger partial charge in [-0.2, -0.15) is 0 Å². The molecule has 0 radical (unpaired) electrons. The summed E-state index contributed by atoms with van der Waals surface area (Å²) in [6, 6.07) is 6.58. The maximum Gasteiger partial charge on any atom is 0.236 e. The second-order valence-corrected chi connectivity index (χ2v) is 6.99. The van der Waals surface area contributed by atoms with Gasteiger partial charge in [0, 0.05) is 26.2 Å². The topological polar surface area (TPSA) is 42.0 Å². The quantitative estimate of drug-likeness (QED) is 0.849. The second-order valence-electron chi connectivity index (χ2n) is 6.99. The van der Waals surface area contributed by atoms with Gasteiger partial charge in [-0.15, -0.1) is 0 Å². The van der Waals surface area contributed by atoms with Gasteiger partial charge in [-0.25, -0.2) is 0 Å². The van der Waals surface area contributed by atoms with Gasteiger partial charge in [-0.05, 0) is 50.3 Å². The van der Waals surface area contributed by atoms with Crippen LogP contribution < -0.4 is 9.47 Å². The first-order chi connectivity index (χ1) is 11.6. The van der Waals surface area contributed by atoms with Gasteiger partial charge in [0.05, 0.1) is 19.8 Å². The Labute approximate surface area is 144 Å². The fraction of sp³-hybridized carbons (Fsp3) is 0.632. The molecule has 24 heavy (non-hydrogen) atoms. The predicted octanol–water partition coefficient (Wildman–Crippen LogP) is 2.47. The summed E-state index contributed by atoms with van der Waals surface area (Å²) in [4.78, 5) is 16.1. The molecule has 1 aliphatic carbocycles. The molecule has 5 heteroatoms. The molecule has 0 N–H and O–H groups in total. The molecule has 132 valence electrons. The number of rotatable bonds is 4.